The van der Waals surface area contributed by atoms with Crippen molar-refractivity contribution in [3.05, 3.63) is 47.4 Å². The zero-order chi connectivity index (χ0) is 18.5. The number of nitrogens with zero attached hydrogens (tertiary/aromatic N) is 3. The summed E-state index contributed by atoms with van der Waals surface area (Å²) in [6.07, 6.45) is 7.36. The highest BCUT2D eigenvalue weighted by molar-refractivity contribution is 5.98. The van der Waals surface area contributed by atoms with Gasteiger partial charge in [0.15, 0.2) is 0 Å². The number of carbonyl (C=O) groups is 1. The molecule has 2 aromatic rings. The third kappa shape index (κ3) is 4.09. The number of benzene rings is 1. The molecule has 1 aliphatic rings. The van der Waals surface area contributed by atoms with Gasteiger partial charge in [0.25, 0.3) is 5.91 Å². The average Bonchev–Trinajstić information content (AvgIpc) is 2.67. The van der Waals surface area contributed by atoms with Crippen LogP contribution in [0.2, 0.25) is 0 Å². The number of hydrogen-bond acceptors (Lipinski definition) is 5. The SMILES string of the molecule is CN(c1ncc(C(=O)NCc2ccccc2F)c(N)n1)C1CCCCC1. The van der Waals surface area contributed by atoms with Gasteiger partial charge in [0, 0.05) is 31.4 Å². The van der Waals surface area contributed by atoms with E-state index in [1.54, 1.807) is 18.2 Å². The van der Waals surface area contributed by atoms with E-state index in [2.05, 4.69) is 15.3 Å². The van der Waals surface area contributed by atoms with Crippen LogP contribution in [0.1, 0.15) is 48.0 Å². The summed E-state index contributed by atoms with van der Waals surface area (Å²) in [5, 5.41) is 2.66. The van der Waals surface area contributed by atoms with Gasteiger partial charge in [-0.3, -0.25) is 4.79 Å². The number of rotatable bonds is 5. The molecule has 6 nitrogen and oxygen atoms in total. The Kier molecular flexibility index (Phi) is 5.65. The number of amides is 1. The summed E-state index contributed by atoms with van der Waals surface area (Å²) in [6.45, 7) is 0.0781. The van der Waals surface area contributed by atoms with Gasteiger partial charge in [0.1, 0.15) is 11.6 Å². The maximum absolute atomic E-state index is 13.6. The van der Waals surface area contributed by atoms with Crippen LogP contribution < -0.4 is 16.0 Å². The number of nitrogens with two attached hydrogens (primary N) is 1. The Bertz CT molecular complexity index is 776. The molecule has 1 aromatic carbocycles. The molecule has 3 rings (SSSR count). The molecule has 1 aromatic heterocycles. The summed E-state index contributed by atoms with van der Waals surface area (Å²) in [6, 6.07) is 6.71. The van der Waals surface area contributed by atoms with E-state index in [0.29, 0.717) is 17.6 Å². The second kappa shape index (κ2) is 8.12. The maximum atomic E-state index is 13.6. The topological polar surface area (TPSA) is 84.1 Å². The van der Waals surface area contributed by atoms with Crippen molar-refractivity contribution >= 4 is 17.7 Å². The van der Waals surface area contributed by atoms with Crippen molar-refractivity contribution in [2.24, 2.45) is 0 Å². The summed E-state index contributed by atoms with van der Waals surface area (Å²) in [5.41, 5.74) is 6.58. The second-order valence-electron chi connectivity index (χ2n) is 6.65. The molecule has 1 fully saturated rings. The Morgan fingerprint density at radius 1 is 1.31 bits per heavy atom. The van der Waals surface area contributed by atoms with E-state index in [-0.39, 0.29) is 23.7 Å². The van der Waals surface area contributed by atoms with Crippen molar-refractivity contribution in [3.63, 3.8) is 0 Å². The van der Waals surface area contributed by atoms with Crippen LogP contribution >= 0.6 is 0 Å². The van der Waals surface area contributed by atoms with Crippen LogP contribution in [0.4, 0.5) is 16.2 Å². The lowest BCUT2D eigenvalue weighted by atomic mass is 9.95. The predicted octanol–water partition coefficient (Wildman–Crippen LogP) is 2.90. The number of anilines is 2. The van der Waals surface area contributed by atoms with Gasteiger partial charge >= 0.3 is 0 Å². The van der Waals surface area contributed by atoms with Gasteiger partial charge in [-0.05, 0) is 18.9 Å². The average molecular weight is 357 g/mol. The van der Waals surface area contributed by atoms with E-state index in [1.165, 1.54) is 31.5 Å². The molecule has 0 radical (unpaired) electrons. The Morgan fingerprint density at radius 3 is 2.73 bits per heavy atom. The van der Waals surface area contributed by atoms with Gasteiger partial charge in [-0.25, -0.2) is 9.37 Å². The van der Waals surface area contributed by atoms with Crippen molar-refractivity contribution in [1.82, 2.24) is 15.3 Å². The number of nitrogens with one attached hydrogen (secondary N) is 1. The summed E-state index contributed by atoms with van der Waals surface area (Å²) in [4.78, 5) is 23.0. The Hall–Kier alpha value is -2.70. The van der Waals surface area contributed by atoms with Crippen LogP contribution in [0.25, 0.3) is 0 Å². The molecule has 1 amide bonds. The van der Waals surface area contributed by atoms with Crippen LogP contribution in [-0.4, -0.2) is 29.0 Å². The number of hydrogen-bond donors (Lipinski definition) is 2. The molecule has 0 spiro atoms. The largest absolute Gasteiger partial charge is 0.383 e. The van der Waals surface area contributed by atoms with Gasteiger partial charge in [0.05, 0.1) is 5.56 Å². The Balaban J connectivity index is 1.66. The quantitative estimate of drug-likeness (QED) is 0.859. The van der Waals surface area contributed by atoms with Gasteiger partial charge < -0.3 is 16.0 Å². The zero-order valence-electron chi connectivity index (χ0n) is 14.9. The maximum Gasteiger partial charge on any atom is 0.256 e. The molecule has 3 N–H and O–H groups in total. The molecule has 1 saturated carbocycles. The Morgan fingerprint density at radius 2 is 2.04 bits per heavy atom. The molecular formula is C19H24FN5O. The predicted molar refractivity (Wildman–Crippen MR) is 99.3 cm³/mol. The summed E-state index contributed by atoms with van der Waals surface area (Å²) >= 11 is 0. The van der Waals surface area contributed by atoms with Crippen molar-refractivity contribution < 1.29 is 9.18 Å². The van der Waals surface area contributed by atoms with Crippen molar-refractivity contribution in [2.45, 2.75) is 44.7 Å². The number of nitrogen functional groups attached to an aromatic ring is 1. The smallest absolute Gasteiger partial charge is 0.256 e. The third-order valence-electron chi connectivity index (χ3n) is 4.89. The molecule has 1 aliphatic carbocycles. The fraction of sp³-hybridized carbons (Fsp3) is 0.421. The molecule has 0 bridgehead atoms. The van der Waals surface area contributed by atoms with E-state index in [1.807, 2.05) is 11.9 Å². The van der Waals surface area contributed by atoms with Gasteiger partial charge in [-0.1, -0.05) is 37.5 Å². The monoisotopic (exact) mass is 357 g/mol. The molecule has 0 saturated heterocycles. The van der Waals surface area contributed by atoms with Crippen molar-refractivity contribution in [1.29, 1.82) is 0 Å². The van der Waals surface area contributed by atoms with Crippen molar-refractivity contribution in [3.8, 4) is 0 Å². The fourth-order valence-corrected chi connectivity index (χ4v) is 3.27. The van der Waals surface area contributed by atoms with Crippen molar-refractivity contribution in [2.75, 3.05) is 17.7 Å². The number of halogens is 1. The fourth-order valence-electron chi connectivity index (χ4n) is 3.27. The first-order chi connectivity index (χ1) is 12.6. The third-order valence-corrected chi connectivity index (χ3v) is 4.89. The molecule has 0 unspecified atom stereocenters. The lowest BCUT2D eigenvalue weighted by Crippen LogP contribution is -2.35. The summed E-state index contributed by atoms with van der Waals surface area (Å²) in [7, 11) is 1.96. The van der Waals surface area contributed by atoms with Gasteiger partial charge in [-0.2, -0.15) is 4.98 Å². The minimum absolute atomic E-state index is 0.0781. The molecule has 7 heteroatoms. The second-order valence-corrected chi connectivity index (χ2v) is 6.65. The first kappa shape index (κ1) is 18.1. The van der Waals surface area contributed by atoms with E-state index in [0.717, 1.165) is 12.8 Å². The highest BCUT2D eigenvalue weighted by atomic mass is 19.1. The molecule has 1 heterocycles. The van der Waals surface area contributed by atoms with Crippen LogP contribution in [0.3, 0.4) is 0 Å². The van der Waals surface area contributed by atoms with Crippen LogP contribution in [-0.2, 0) is 6.54 Å². The lowest BCUT2D eigenvalue weighted by Gasteiger charge is -2.31. The first-order valence-corrected chi connectivity index (χ1v) is 8.93. The number of carbonyl (C=O) groups excluding carboxylic acids is 1. The minimum atomic E-state index is -0.419. The molecule has 0 aliphatic heterocycles. The van der Waals surface area contributed by atoms with Crippen LogP contribution in [0.15, 0.2) is 30.5 Å². The summed E-state index contributed by atoms with van der Waals surface area (Å²) in [5.74, 6) is -0.122. The molecule has 26 heavy (non-hydrogen) atoms. The van der Waals surface area contributed by atoms with E-state index in [9.17, 15) is 9.18 Å². The van der Waals surface area contributed by atoms with E-state index in [4.69, 9.17) is 5.73 Å². The Labute approximate surface area is 152 Å². The molecule has 138 valence electrons. The van der Waals surface area contributed by atoms with Gasteiger partial charge in [0.2, 0.25) is 5.95 Å². The molecular weight excluding hydrogens is 333 g/mol. The highest BCUT2D eigenvalue weighted by Gasteiger charge is 2.21. The van der Waals surface area contributed by atoms with Gasteiger partial charge in [-0.15, -0.1) is 0 Å². The molecule has 0 atom stereocenters. The summed E-state index contributed by atoms with van der Waals surface area (Å²) < 4.78 is 13.6. The first-order valence-electron chi connectivity index (χ1n) is 8.93. The highest BCUT2D eigenvalue weighted by Crippen LogP contribution is 2.24. The van der Waals surface area contributed by atoms with Crippen LogP contribution in [0.5, 0.6) is 0 Å². The normalized spacial score (nSPS) is 14.8. The standard InChI is InChI=1S/C19H24FN5O/c1-25(14-8-3-2-4-9-14)19-23-12-15(17(21)24-19)18(26)22-11-13-7-5-6-10-16(13)20/h5-7,10,12,14H,2-4,8-9,11H2,1H3,(H,22,26)(H2,21,23,24). The van der Waals surface area contributed by atoms with E-state index >= 15 is 0 Å². The minimum Gasteiger partial charge on any atom is -0.383 e. The van der Waals surface area contributed by atoms with E-state index < -0.39 is 5.91 Å². The zero-order valence-corrected chi connectivity index (χ0v) is 14.9. The lowest BCUT2D eigenvalue weighted by molar-refractivity contribution is 0.0951. The van der Waals surface area contributed by atoms with Crippen LogP contribution in [0, 0.1) is 5.82 Å². The number of aromatic nitrogens is 2.